The molecule has 3 aromatic heterocycles. The van der Waals surface area contributed by atoms with Crippen molar-refractivity contribution in [1.82, 2.24) is 24.7 Å². The number of halogens is 1. The Balaban J connectivity index is 1.12. The first-order valence-electron chi connectivity index (χ1n) is 13.7. The van der Waals surface area contributed by atoms with Crippen LogP contribution in [0.5, 0.6) is 11.5 Å². The van der Waals surface area contributed by atoms with Gasteiger partial charge in [-0.3, -0.25) is 0 Å². The third-order valence-corrected chi connectivity index (χ3v) is 8.31. The summed E-state index contributed by atoms with van der Waals surface area (Å²) in [6, 6.07) is 8.49. The zero-order valence-electron chi connectivity index (χ0n) is 23.2. The van der Waals surface area contributed by atoms with Crippen molar-refractivity contribution in [2.24, 2.45) is 0 Å². The van der Waals surface area contributed by atoms with Crippen molar-refractivity contribution in [3.8, 4) is 22.8 Å². The molecule has 5 heterocycles. The molecule has 0 radical (unpaired) electrons. The molecule has 6 rings (SSSR count). The smallest absolute Gasteiger partial charge is 0.225 e. The number of hydrogen-bond acceptors (Lipinski definition) is 9. The lowest BCUT2D eigenvalue weighted by molar-refractivity contribution is 0.395. The molecular formula is C29H35ClN8O2. The minimum Gasteiger partial charge on any atom is -0.496 e. The number of nitrogens with one attached hydrogen (secondary N) is 1. The highest BCUT2D eigenvalue weighted by Crippen LogP contribution is 2.38. The van der Waals surface area contributed by atoms with E-state index in [0.717, 1.165) is 86.3 Å². The molecule has 2 aliphatic rings. The Morgan fingerprint density at radius 3 is 2.20 bits per heavy atom. The van der Waals surface area contributed by atoms with E-state index in [-0.39, 0.29) is 0 Å². The number of methoxy groups -OCH3 is 2. The topological polar surface area (TPSA) is 83.3 Å². The summed E-state index contributed by atoms with van der Waals surface area (Å²) >= 11 is 6.40. The summed E-state index contributed by atoms with van der Waals surface area (Å²) in [5, 5.41) is 3.90. The lowest BCUT2D eigenvalue weighted by Crippen LogP contribution is -2.47. The second-order valence-electron chi connectivity index (χ2n) is 10.2. The fraction of sp³-hybridized carbons (Fsp3) is 0.414. The molecule has 0 amide bonds. The Morgan fingerprint density at radius 2 is 1.52 bits per heavy atom. The van der Waals surface area contributed by atoms with Gasteiger partial charge in [-0.15, -0.1) is 0 Å². The van der Waals surface area contributed by atoms with E-state index in [1.54, 1.807) is 20.3 Å². The summed E-state index contributed by atoms with van der Waals surface area (Å²) in [4.78, 5) is 21.3. The summed E-state index contributed by atoms with van der Waals surface area (Å²) in [5.41, 5.74) is 4.72. The van der Waals surface area contributed by atoms with Gasteiger partial charge in [0.2, 0.25) is 5.95 Å². The number of benzene rings is 1. The SMILES string of the molecule is CNC1CCN(c2cnc(N3CCN(c4ccn5cc(-c6cc(Cl)c(OC)cc6OC)nc5c4)CC3)nc2)CC1. The van der Waals surface area contributed by atoms with Gasteiger partial charge in [-0.2, -0.15) is 0 Å². The molecule has 2 aliphatic heterocycles. The summed E-state index contributed by atoms with van der Waals surface area (Å²) in [6.07, 6.45) is 10.3. The van der Waals surface area contributed by atoms with Gasteiger partial charge in [0.1, 0.15) is 17.1 Å². The number of pyridine rings is 1. The van der Waals surface area contributed by atoms with Gasteiger partial charge in [0.05, 0.1) is 43.0 Å². The molecule has 2 saturated heterocycles. The van der Waals surface area contributed by atoms with Crippen molar-refractivity contribution in [3.05, 3.63) is 54.1 Å². The molecule has 1 N–H and O–H groups in total. The fourth-order valence-corrected chi connectivity index (χ4v) is 5.83. The Hall–Kier alpha value is -3.76. The van der Waals surface area contributed by atoms with Crippen LogP contribution >= 0.6 is 11.6 Å². The predicted octanol–water partition coefficient (Wildman–Crippen LogP) is 3.98. The molecule has 10 nitrogen and oxygen atoms in total. The standard InChI is InChI=1S/C29H35ClN8O2/c1-31-20-4-7-35(8-5-20)22-17-32-29(33-18-22)37-12-10-36(11-13-37)21-6-9-38-19-25(34-28(38)14-21)23-15-24(30)27(40-3)16-26(23)39-2/h6,9,14-20,31H,4-5,7-8,10-13H2,1-3H3. The molecule has 0 aliphatic carbocycles. The number of anilines is 3. The van der Waals surface area contributed by atoms with Crippen molar-refractivity contribution in [2.45, 2.75) is 18.9 Å². The number of nitrogens with zero attached hydrogens (tertiary/aromatic N) is 7. The van der Waals surface area contributed by atoms with Crippen LogP contribution in [0.1, 0.15) is 12.8 Å². The highest BCUT2D eigenvalue weighted by molar-refractivity contribution is 6.32. The number of ether oxygens (including phenoxy) is 2. The normalized spacial score (nSPS) is 16.6. The number of hydrogen-bond donors (Lipinski definition) is 1. The lowest BCUT2D eigenvalue weighted by atomic mass is 10.1. The molecule has 0 unspecified atom stereocenters. The number of piperidine rings is 1. The summed E-state index contributed by atoms with van der Waals surface area (Å²) in [5.74, 6) is 2.03. The van der Waals surface area contributed by atoms with Crippen molar-refractivity contribution < 1.29 is 9.47 Å². The zero-order chi connectivity index (χ0) is 27.6. The van der Waals surface area contributed by atoms with E-state index in [1.165, 1.54) is 0 Å². The number of piperazine rings is 1. The largest absolute Gasteiger partial charge is 0.496 e. The Labute approximate surface area is 239 Å². The van der Waals surface area contributed by atoms with Gasteiger partial charge in [0, 0.05) is 81.1 Å². The highest BCUT2D eigenvalue weighted by atomic mass is 35.5. The minimum atomic E-state index is 0.515. The fourth-order valence-electron chi connectivity index (χ4n) is 5.59. The molecule has 1 aromatic carbocycles. The third kappa shape index (κ3) is 5.21. The summed E-state index contributed by atoms with van der Waals surface area (Å²) in [6.45, 7) is 5.56. The molecule has 210 valence electrons. The third-order valence-electron chi connectivity index (χ3n) is 8.01. The van der Waals surface area contributed by atoms with E-state index in [0.29, 0.717) is 22.6 Å². The first-order valence-corrected chi connectivity index (χ1v) is 14.1. The molecule has 2 fully saturated rings. The number of fused-ring (bicyclic) bond motifs is 1. The van der Waals surface area contributed by atoms with Crippen LogP contribution in [0.15, 0.2) is 49.1 Å². The molecule has 0 atom stereocenters. The van der Waals surface area contributed by atoms with Crippen molar-refractivity contribution in [3.63, 3.8) is 0 Å². The van der Waals surface area contributed by atoms with E-state index in [1.807, 2.05) is 42.3 Å². The van der Waals surface area contributed by atoms with Crippen LogP contribution in [-0.2, 0) is 0 Å². The highest BCUT2D eigenvalue weighted by Gasteiger charge is 2.22. The average Bonchev–Trinajstić information content (AvgIpc) is 3.44. The van der Waals surface area contributed by atoms with Gasteiger partial charge in [0.15, 0.2) is 0 Å². The van der Waals surface area contributed by atoms with Crippen molar-refractivity contribution in [1.29, 1.82) is 0 Å². The molecule has 4 aromatic rings. The zero-order valence-corrected chi connectivity index (χ0v) is 23.9. The molecule has 11 heteroatoms. The van der Waals surface area contributed by atoms with Crippen LogP contribution in [0.2, 0.25) is 5.02 Å². The first kappa shape index (κ1) is 26.5. The maximum Gasteiger partial charge on any atom is 0.225 e. The van der Waals surface area contributed by atoms with Crippen LogP contribution in [-0.4, -0.2) is 85.9 Å². The molecule has 0 spiro atoms. The molecule has 0 saturated carbocycles. The van der Waals surface area contributed by atoms with E-state index < -0.39 is 0 Å². The molecular weight excluding hydrogens is 528 g/mol. The van der Waals surface area contributed by atoms with Crippen LogP contribution in [0.3, 0.4) is 0 Å². The second-order valence-corrected chi connectivity index (χ2v) is 10.6. The van der Waals surface area contributed by atoms with Gasteiger partial charge < -0.3 is 33.9 Å². The van der Waals surface area contributed by atoms with Crippen LogP contribution in [0.4, 0.5) is 17.3 Å². The van der Waals surface area contributed by atoms with Gasteiger partial charge >= 0.3 is 0 Å². The van der Waals surface area contributed by atoms with E-state index in [2.05, 4.69) is 32.1 Å². The number of imidazole rings is 1. The lowest BCUT2D eigenvalue weighted by Gasteiger charge is -2.36. The van der Waals surface area contributed by atoms with Crippen LogP contribution in [0, 0.1) is 0 Å². The van der Waals surface area contributed by atoms with E-state index >= 15 is 0 Å². The van der Waals surface area contributed by atoms with Gasteiger partial charge in [-0.05, 0) is 32.0 Å². The Bertz CT molecular complexity index is 1460. The Morgan fingerprint density at radius 1 is 0.850 bits per heavy atom. The maximum atomic E-state index is 6.40. The monoisotopic (exact) mass is 562 g/mol. The maximum absolute atomic E-state index is 6.40. The summed E-state index contributed by atoms with van der Waals surface area (Å²) < 4.78 is 12.9. The van der Waals surface area contributed by atoms with Crippen molar-refractivity contribution >= 4 is 34.6 Å². The average molecular weight is 563 g/mol. The predicted molar refractivity (Wildman–Crippen MR) is 159 cm³/mol. The van der Waals surface area contributed by atoms with Gasteiger partial charge in [0.25, 0.3) is 0 Å². The Kier molecular flexibility index (Phi) is 7.53. The van der Waals surface area contributed by atoms with Crippen molar-refractivity contribution in [2.75, 3.05) is 75.2 Å². The van der Waals surface area contributed by atoms with E-state index in [4.69, 9.17) is 36.0 Å². The second kappa shape index (κ2) is 11.4. The number of rotatable bonds is 7. The van der Waals surface area contributed by atoms with E-state index in [9.17, 15) is 0 Å². The first-order chi connectivity index (χ1) is 19.6. The summed E-state index contributed by atoms with van der Waals surface area (Å²) in [7, 11) is 5.26. The molecule has 0 bridgehead atoms. The minimum absolute atomic E-state index is 0.515. The van der Waals surface area contributed by atoms with Gasteiger partial charge in [-0.25, -0.2) is 15.0 Å². The van der Waals surface area contributed by atoms with Crippen LogP contribution < -0.4 is 29.5 Å². The number of aromatic nitrogens is 4. The quantitative estimate of drug-likeness (QED) is 0.359. The van der Waals surface area contributed by atoms with Crippen LogP contribution in [0.25, 0.3) is 16.9 Å². The molecule has 40 heavy (non-hydrogen) atoms. The van der Waals surface area contributed by atoms with Gasteiger partial charge in [-0.1, -0.05) is 11.6 Å².